The van der Waals surface area contributed by atoms with Crippen molar-refractivity contribution in [3.63, 3.8) is 0 Å². The van der Waals surface area contributed by atoms with Crippen LogP contribution in [0, 0.1) is 12.8 Å². The van der Waals surface area contributed by atoms with Crippen molar-refractivity contribution in [1.29, 1.82) is 0 Å². The third kappa shape index (κ3) is 5.49. The number of fused-ring (bicyclic) bond motifs is 1. The molecule has 1 aliphatic heterocycles. The maximum Gasteiger partial charge on any atom is 0.191 e. The Morgan fingerprint density at radius 2 is 1.94 bits per heavy atom. The van der Waals surface area contributed by atoms with E-state index in [0.29, 0.717) is 5.92 Å². The van der Waals surface area contributed by atoms with Gasteiger partial charge in [-0.1, -0.05) is 42.5 Å². The molecule has 3 aromatic rings. The lowest BCUT2D eigenvalue weighted by Crippen LogP contribution is -2.38. The number of imidazole rings is 1. The van der Waals surface area contributed by atoms with Crippen molar-refractivity contribution in [2.75, 3.05) is 26.2 Å². The molecule has 32 heavy (non-hydrogen) atoms. The van der Waals surface area contributed by atoms with Crippen LogP contribution in [0.5, 0.6) is 0 Å². The van der Waals surface area contributed by atoms with Crippen molar-refractivity contribution < 1.29 is 4.74 Å². The van der Waals surface area contributed by atoms with E-state index in [1.54, 1.807) is 0 Å². The molecule has 170 valence electrons. The Hall–Kier alpha value is -2.86. The van der Waals surface area contributed by atoms with Crippen molar-refractivity contribution in [2.24, 2.45) is 10.9 Å². The monoisotopic (exact) mass is 433 g/mol. The molecule has 2 atom stereocenters. The minimum atomic E-state index is 0.133. The lowest BCUT2D eigenvalue weighted by Gasteiger charge is -2.31. The summed E-state index contributed by atoms with van der Waals surface area (Å²) in [6, 6.07) is 18.9. The van der Waals surface area contributed by atoms with Gasteiger partial charge in [0.2, 0.25) is 0 Å². The fraction of sp³-hybridized carbons (Fsp3) is 0.462. The zero-order chi connectivity index (χ0) is 22.2. The van der Waals surface area contributed by atoms with Crippen LogP contribution in [0.4, 0.5) is 0 Å². The highest BCUT2D eigenvalue weighted by Crippen LogP contribution is 2.33. The summed E-state index contributed by atoms with van der Waals surface area (Å²) in [6.07, 6.45) is 3.39. The van der Waals surface area contributed by atoms with Crippen molar-refractivity contribution in [3.8, 4) is 0 Å². The number of hydrogen-bond acceptors (Lipinski definition) is 3. The van der Waals surface area contributed by atoms with Crippen molar-refractivity contribution in [3.05, 3.63) is 66.0 Å². The number of aliphatic imine (C=N–C) groups is 1. The topological polar surface area (TPSA) is 63.5 Å². The van der Waals surface area contributed by atoms with Crippen LogP contribution in [0.1, 0.15) is 43.7 Å². The van der Waals surface area contributed by atoms with Gasteiger partial charge in [-0.3, -0.25) is 4.99 Å². The van der Waals surface area contributed by atoms with Gasteiger partial charge in [-0.2, -0.15) is 0 Å². The molecule has 1 saturated heterocycles. The van der Waals surface area contributed by atoms with Gasteiger partial charge in [-0.25, -0.2) is 4.98 Å². The molecule has 2 N–H and O–H groups in total. The normalized spacial score (nSPS) is 19.2. The Labute approximate surface area is 191 Å². The van der Waals surface area contributed by atoms with Gasteiger partial charge in [0.25, 0.3) is 0 Å². The first kappa shape index (κ1) is 22.3. The molecule has 4 rings (SSSR count). The first-order valence-electron chi connectivity index (χ1n) is 11.9. The van der Waals surface area contributed by atoms with Crippen LogP contribution >= 0.6 is 0 Å². The maximum atomic E-state index is 6.14. The fourth-order valence-corrected chi connectivity index (χ4v) is 4.51. The molecular weight excluding hydrogens is 398 g/mol. The first-order chi connectivity index (χ1) is 15.8. The zero-order valence-electron chi connectivity index (χ0n) is 19.3. The summed E-state index contributed by atoms with van der Waals surface area (Å²) in [6.45, 7) is 8.43. The second-order valence-corrected chi connectivity index (χ2v) is 8.40. The molecule has 0 amide bonds. The summed E-state index contributed by atoms with van der Waals surface area (Å²) in [5, 5.41) is 6.90. The molecule has 0 saturated carbocycles. The summed E-state index contributed by atoms with van der Waals surface area (Å²) in [7, 11) is 0. The van der Waals surface area contributed by atoms with Gasteiger partial charge >= 0.3 is 0 Å². The van der Waals surface area contributed by atoms with Crippen LogP contribution in [0.25, 0.3) is 11.0 Å². The average molecular weight is 434 g/mol. The minimum absolute atomic E-state index is 0.133. The average Bonchev–Trinajstić information content (AvgIpc) is 3.16. The van der Waals surface area contributed by atoms with Crippen molar-refractivity contribution in [1.82, 2.24) is 20.2 Å². The molecule has 1 aromatic heterocycles. The molecule has 6 heteroatoms. The molecule has 1 fully saturated rings. The summed E-state index contributed by atoms with van der Waals surface area (Å²) < 4.78 is 8.43. The number of rotatable bonds is 8. The second kappa shape index (κ2) is 11.1. The Morgan fingerprint density at radius 3 is 2.78 bits per heavy atom. The standard InChI is InChI=1S/C26H35N5O/c1-3-27-26(28-16-10-17-31-20(2)30-23-14-7-8-15-24(23)31)29-19-22-13-9-18-32-25(22)21-11-5-4-6-12-21/h4-8,11-12,14-15,22,25H,3,9-10,13,16-19H2,1-2H3,(H2,27,28,29). The number of nitrogens with zero attached hydrogens (tertiary/aromatic N) is 3. The highest BCUT2D eigenvalue weighted by molar-refractivity contribution is 5.79. The van der Waals surface area contributed by atoms with Crippen LogP contribution in [-0.2, 0) is 11.3 Å². The zero-order valence-corrected chi connectivity index (χ0v) is 19.3. The van der Waals surface area contributed by atoms with E-state index >= 15 is 0 Å². The lowest BCUT2D eigenvalue weighted by molar-refractivity contribution is -0.0250. The van der Waals surface area contributed by atoms with Crippen LogP contribution in [0.2, 0.25) is 0 Å². The number of para-hydroxylation sites is 2. The van der Waals surface area contributed by atoms with E-state index in [1.807, 2.05) is 6.07 Å². The maximum absolute atomic E-state index is 6.14. The van der Waals surface area contributed by atoms with Gasteiger partial charge in [0.15, 0.2) is 5.96 Å². The molecule has 0 spiro atoms. The van der Waals surface area contributed by atoms with Gasteiger partial charge in [-0.15, -0.1) is 0 Å². The number of nitrogens with one attached hydrogen (secondary N) is 2. The Morgan fingerprint density at radius 1 is 1.12 bits per heavy atom. The Kier molecular flexibility index (Phi) is 7.77. The Balaban J connectivity index is 1.33. The first-order valence-corrected chi connectivity index (χ1v) is 11.9. The van der Waals surface area contributed by atoms with Crippen LogP contribution in [0.15, 0.2) is 59.6 Å². The minimum Gasteiger partial charge on any atom is -0.373 e. The van der Waals surface area contributed by atoms with E-state index in [0.717, 1.165) is 69.3 Å². The van der Waals surface area contributed by atoms with E-state index in [9.17, 15) is 0 Å². The predicted molar refractivity (Wildman–Crippen MR) is 131 cm³/mol. The number of aryl methyl sites for hydroxylation is 2. The van der Waals surface area contributed by atoms with Gasteiger partial charge in [0.05, 0.1) is 17.1 Å². The fourth-order valence-electron chi connectivity index (χ4n) is 4.51. The predicted octanol–water partition coefficient (Wildman–Crippen LogP) is 4.46. The third-order valence-electron chi connectivity index (χ3n) is 6.10. The number of ether oxygens (including phenoxy) is 1. The molecule has 2 heterocycles. The molecule has 1 aliphatic rings. The van der Waals surface area contributed by atoms with Crippen molar-refractivity contribution >= 4 is 17.0 Å². The lowest BCUT2D eigenvalue weighted by atomic mass is 9.89. The van der Waals surface area contributed by atoms with Gasteiger partial charge in [0.1, 0.15) is 5.82 Å². The molecule has 2 aromatic carbocycles. The SMILES string of the molecule is CCNC(=NCC1CCCOC1c1ccccc1)NCCCn1c(C)nc2ccccc21. The van der Waals surface area contributed by atoms with E-state index < -0.39 is 0 Å². The van der Waals surface area contributed by atoms with E-state index in [2.05, 4.69) is 82.6 Å². The third-order valence-corrected chi connectivity index (χ3v) is 6.10. The number of aromatic nitrogens is 2. The number of hydrogen-bond donors (Lipinski definition) is 2. The molecule has 2 unspecified atom stereocenters. The van der Waals surface area contributed by atoms with Gasteiger partial charge < -0.3 is 19.9 Å². The summed E-state index contributed by atoms with van der Waals surface area (Å²) in [5.74, 6) is 2.36. The van der Waals surface area contributed by atoms with Crippen LogP contribution in [0.3, 0.4) is 0 Å². The van der Waals surface area contributed by atoms with E-state index in [-0.39, 0.29) is 6.10 Å². The largest absolute Gasteiger partial charge is 0.373 e. The van der Waals surface area contributed by atoms with E-state index in [1.165, 1.54) is 11.1 Å². The number of guanidine groups is 1. The molecule has 0 radical (unpaired) electrons. The highest BCUT2D eigenvalue weighted by Gasteiger charge is 2.27. The summed E-state index contributed by atoms with van der Waals surface area (Å²) in [4.78, 5) is 9.57. The van der Waals surface area contributed by atoms with Gasteiger partial charge in [-0.05, 0) is 50.8 Å². The second-order valence-electron chi connectivity index (χ2n) is 8.40. The molecule has 0 bridgehead atoms. The summed E-state index contributed by atoms with van der Waals surface area (Å²) >= 11 is 0. The molecule has 0 aliphatic carbocycles. The number of benzene rings is 2. The smallest absolute Gasteiger partial charge is 0.191 e. The van der Waals surface area contributed by atoms with E-state index in [4.69, 9.17) is 9.73 Å². The Bertz CT molecular complexity index is 1010. The highest BCUT2D eigenvalue weighted by atomic mass is 16.5. The van der Waals surface area contributed by atoms with Crippen LogP contribution in [-0.4, -0.2) is 41.8 Å². The summed E-state index contributed by atoms with van der Waals surface area (Å²) in [5.41, 5.74) is 3.53. The quantitative estimate of drug-likeness (QED) is 0.313. The molecular formula is C26H35N5O. The molecule has 6 nitrogen and oxygen atoms in total. The van der Waals surface area contributed by atoms with Crippen LogP contribution < -0.4 is 10.6 Å². The van der Waals surface area contributed by atoms with Crippen molar-refractivity contribution in [2.45, 2.75) is 45.8 Å². The van der Waals surface area contributed by atoms with Gasteiger partial charge in [0, 0.05) is 38.7 Å².